The number of nitrogens with two attached hydrogens (primary N) is 1. The number of hydrogen-bond donors (Lipinski definition) is 2. The lowest BCUT2D eigenvalue weighted by Crippen LogP contribution is -2.87. The zero-order valence-electron chi connectivity index (χ0n) is 8.74. The second kappa shape index (κ2) is 5.86. The fraction of sp³-hybridized carbons (Fsp3) is 0.455. The number of hydrogen-bond acceptors (Lipinski definition) is 1. The van der Waals surface area contributed by atoms with Crippen molar-refractivity contribution in [1.29, 1.82) is 0 Å². The fourth-order valence-corrected chi connectivity index (χ4v) is 1.32. The molecule has 0 bridgehead atoms. The van der Waals surface area contributed by atoms with Gasteiger partial charge in [-0.1, -0.05) is 30.3 Å². The van der Waals surface area contributed by atoms with Crippen LogP contribution in [0, 0.1) is 0 Å². The minimum atomic E-state index is -4.51. The van der Waals surface area contributed by atoms with Crippen molar-refractivity contribution in [2.24, 2.45) is 0 Å². The van der Waals surface area contributed by atoms with Gasteiger partial charge in [-0.25, -0.2) is 0 Å². The highest BCUT2D eigenvalue weighted by Gasteiger charge is 2.39. The Kier molecular flexibility index (Phi) is 4.76. The molecule has 0 spiro atoms. The third-order valence-corrected chi connectivity index (χ3v) is 2.25. The van der Waals surface area contributed by atoms with Crippen LogP contribution >= 0.6 is 0 Å². The molecular weight excluding hydrogens is 219 g/mol. The highest BCUT2D eigenvalue weighted by molar-refractivity contribution is 5.14. The van der Waals surface area contributed by atoms with Crippen molar-refractivity contribution in [2.75, 3.05) is 13.1 Å². The number of halogens is 3. The van der Waals surface area contributed by atoms with Crippen LogP contribution < -0.4 is 5.32 Å². The molecule has 0 aromatic heterocycles. The molecule has 0 radical (unpaired) electrons. The second-order valence-electron chi connectivity index (χ2n) is 3.61. The Balaban J connectivity index is 2.18. The molecule has 3 N–H and O–H groups in total. The minimum Gasteiger partial charge on any atom is -0.379 e. The Bertz CT molecular complexity index is 300. The van der Waals surface area contributed by atoms with Gasteiger partial charge in [0.1, 0.15) is 6.54 Å². The number of aliphatic hydroxyl groups excluding tert-OH is 1. The molecule has 1 aromatic carbocycles. The van der Waals surface area contributed by atoms with Gasteiger partial charge in [0, 0.05) is 6.42 Å². The number of rotatable bonds is 5. The van der Waals surface area contributed by atoms with Crippen LogP contribution in [0.3, 0.4) is 0 Å². The van der Waals surface area contributed by atoms with Crippen molar-refractivity contribution in [1.82, 2.24) is 0 Å². The maximum Gasteiger partial charge on any atom is 0.419 e. The van der Waals surface area contributed by atoms with Gasteiger partial charge in [-0.15, -0.1) is 0 Å². The topological polar surface area (TPSA) is 36.8 Å². The predicted molar refractivity (Wildman–Crippen MR) is 53.9 cm³/mol. The molecule has 1 aromatic rings. The molecule has 0 heterocycles. The summed E-state index contributed by atoms with van der Waals surface area (Å²) in [6.07, 6.45) is -6.04. The minimum absolute atomic E-state index is 0.337. The first-order valence-corrected chi connectivity index (χ1v) is 5.10. The highest BCUT2D eigenvalue weighted by atomic mass is 19.4. The Morgan fingerprint density at radius 1 is 1.19 bits per heavy atom. The lowest BCUT2D eigenvalue weighted by molar-refractivity contribution is -0.664. The van der Waals surface area contributed by atoms with Gasteiger partial charge >= 0.3 is 6.18 Å². The van der Waals surface area contributed by atoms with Crippen molar-refractivity contribution in [3.8, 4) is 0 Å². The van der Waals surface area contributed by atoms with Crippen LogP contribution in [0.15, 0.2) is 30.3 Å². The lowest BCUT2D eigenvalue weighted by atomic mass is 10.1. The molecule has 16 heavy (non-hydrogen) atoms. The molecule has 90 valence electrons. The molecule has 0 unspecified atom stereocenters. The van der Waals surface area contributed by atoms with E-state index in [0.717, 1.165) is 5.56 Å². The zero-order chi connectivity index (χ0) is 12.0. The first kappa shape index (κ1) is 13.0. The fourth-order valence-electron chi connectivity index (χ4n) is 1.32. The normalized spacial score (nSPS) is 13.8. The maximum atomic E-state index is 11.9. The largest absolute Gasteiger partial charge is 0.419 e. The first-order valence-electron chi connectivity index (χ1n) is 5.10. The first-order chi connectivity index (χ1) is 7.50. The van der Waals surface area contributed by atoms with Gasteiger partial charge in [0.05, 0.1) is 6.54 Å². The van der Waals surface area contributed by atoms with E-state index in [2.05, 4.69) is 0 Å². The lowest BCUT2D eigenvalue weighted by Gasteiger charge is -2.12. The Morgan fingerprint density at radius 3 is 2.38 bits per heavy atom. The number of alkyl halides is 3. The molecular formula is C11H15F3NO+. The summed E-state index contributed by atoms with van der Waals surface area (Å²) in [5.74, 6) is 0. The van der Waals surface area contributed by atoms with Crippen LogP contribution in [-0.4, -0.2) is 30.5 Å². The van der Waals surface area contributed by atoms with Crippen molar-refractivity contribution in [3.63, 3.8) is 0 Å². The number of quaternary nitrogens is 1. The van der Waals surface area contributed by atoms with Crippen molar-refractivity contribution in [2.45, 2.75) is 18.7 Å². The smallest absolute Gasteiger partial charge is 0.379 e. The number of aliphatic hydroxyl groups is 1. The maximum absolute atomic E-state index is 11.9. The van der Waals surface area contributed by atoms with Crippen LogP contribution in [0.4, 0.5) is 13.2 Å². The summed E-state index contributed by atoms with van der Waals surface area (Å²) in [6, 6.07) is 9.52. The highest BCUT2D eigenvalue weighted by Crippen LogP contribution is 2.18. The molecule has 1 atom stereocenters. The van der Waals surface area contributed by atoms with E-state index in [1.807, 2.05) is 30.3 Å². The Hall–Kier alpha value is -1.07. The van der Waals surface area contributed by atoms with Gasteiger partial charge in [-0.2, -0.15) is 13.2 Å². The van der Waals surface area contributed by atoms with E-state index >= 15 is 0 Å². The summed E-state index contributed by atoms with van der Waals surface area (Å²) in [4.78, 5) is 0. The van der Waals surface area contributed by atoms with Crippen LogP contribution in [0.25, 0.3) is 0 Å². The molecule has 0 saturated heterocycles. The van der Waals surface area contributed by atoms with Crippen LogP contribution in [0.1, 0.15) is 5.56 Å². The second-order valence-corrected chi connectivity index (χ2v) is 3.61. The van der Waals surface area contributed by atoms with E-state index in [-0.39, 0.29) is 6.54 Å². The van der Waals surface area contributed by atoms with E-state index in [1.165, 1.54) is 5.32 Å². The Labute approximate surface area is 92.1 Å². The summed E-state index contributed by atoms with van der Waals surface area (Å²) in [6.45, 7) is 0.202. The predicted octanol–water partition coefficient (Wildman–Crippen LogP) is 0.716. The van der Waals surface area contributed by atoms with E-state index in [0.29, 0.717) is 13.0 Å². The van der Waals surface area contributed by atoms with Gasteiger partial charge in [-0.05, 0) is 5.56 Å². The van der Waals surface area contributed by atoms with Crippen LogP contribution in [-0.2, 0) is 6.42 Å². The third-order valence-electron chi connectivity index (χ3n) is 2.25. The third kappa shape index (κ3) is 4.63. The molecule has 1 rings (SSSR count). The van der Waals surface area contributed by atoms with Gasteiger partial charge in [-0.3, -0.25) is 0 Å². The van der Waals surface area contributed by atoms with Crippen LogP contribution in [0.5, 0.6) is 0 Å². The van der Waals surface area contributed by atoms with Gasteiger partial charge in [0.25, 0.3) is 0 Å². The molecule has 0 aliphatic rings. The van der Waals surface area contributed by atoms with E-state index in [9.17, 15) is 13.2 Å². The summed E-state index contributed by atoms with van der Waals surface area (Å²) < 4.78 is 35.8. The summed E-state index contributed by atoms with van der Waals surface area (Å²) in [5.41, 5.74) is 1.08. The van der Waals surface area contributed by atoms with Crippen molar-refractivity contribution in [3.05, 3.63) is 35.9 Å². The van der Waals surface area contributed by atoms with E-state index in [4.69, 9.17) is 5.11 Å². The van der Waals surface area contributed by atoms with Crippen LogP contribution in [0.2, 0.25) is 0 Å². The summed E-state index contributed by atoms with van der Waals surface area (Å²) >= 11 is 0. The monoisotopic (exact) mass is 234 g/mol. The van der Waals surface area contributed by atoms with Crippen molar-refractivity contribution < 1.29 is 23.6 Å². The Morgan fingerprint density at radius 2 is 1.81 bits per heavy atom. The molecule has 0 fully saturated rings. The molecule has 0 saturated carbocycles. The average Bonchev–Trinajstić information content (AvgIpc) is 2.24. The standard InChI is InChI=1S/C11H14F3NO/c12-11(13,14)10(16)8-15-7-6-9-4-2-1-3-5-9/h1-5,10,15-16H,6-8H2/p+1/t10-/m0/s1. The SMILES string of the molecule is O[C@@H](C[NH2+]CCc1ccccc1)C(F)(F)F. The zero-order valence-corrected chi connectivity index (χ0v) is 8.74. The molecule has 0 aliphatic carbocycles. The summed E-state index contributed by atoms with van der Waals surface area (Å²) in [7, 11) is 0. The summed E-state index contributed by atoms with van der Waals surface area (Å²) in [5, 5.41) is 10.2. The van der Waals surface area contributed by atoms with Gasteiger partial charge in [0.15, 0.2) is 6.10 Å². The van der Waals surface area contributed by atoms with Gasteiger partial charge < -0.3 is 10.4 Å². The van der Waals surface area contributed by atoms with Gasteiger partial charge in [0.2, 0.25) is 0 Å². The number of benzene rings is 1. The van der Waals surface area contributed by atoms with E-state index < -0.39 is 12.3 Å². The molecule has 2 nitrogen and oxygen atoms in total. The molecule has 0 aliphatic heterocycles. The quantitative estimate of drug-likeness (QED) is 0.723. The molecule has 5 heteroatoms. The molecule has 0 amide bonds. The van der Waals surface area contributed by atoms with E-state index in [1.54, 1.807) is 0 Å². The van der Waals surface area contributed by atoms with Crippen molar-refractivity contribution >= 4 is 0 Å². The average molecular weight is 234 g/mol.